The lowest BCUT2D eigenvalue weighted by atomic mass is 10.3. The van der Waals surface area contributed by atoms with E-state index in [0.29, 0.717) is 5.69 Å². The molecule has 0 spiro atoms. The standard InChI is InChI=1S/C11H10F3NO3/c1-17-10(16)5-6-15-8-3-2-4-9(7-8)18-11(12,13)14/h2-7,15H,1H3/b6-5+. The quantitative estimate of drug-likeness (QED) is 0.668. The fourth-order valence-corrected chi connectivity index (χ4v) is 1.06. The number of carbonyl (C=O) groups excluding carboxylic acids is 1. The zero-order valence-corrected chi connectivity index (χ0v) is 9.32. The molecule has 0 bridgehead atoms. The number of alkyl halides is 3. The van der Waals surface area contributed by atoms with Crippen molar-refractivity contribution in [3.05, 3.63) is 36.5 Å². The van der Waals surface area contributed by atoms with Crippen molar-refractivity contribution >= 4 is 11.7 Å². The van der Waals surface area contributed by atoms with E-state index < -0.39 is 12.3 Å². The molecule has 18 heavy (non-hydrogen) atoms. The number of methoxy groups -OCH3 is 1. The van der Waals surface area contributed by atoms with Crippen molar-refractivity contribution in [3.63, 3.8) is 0 Å². The maximum atomic E-state index is 12.0. The van der Waals surface area contributed by atoms with Crippen LogP contribution in [-0.4, -0.2) is 19.4 Å². The molecule has 0 aliphatic carbocycles. The molecule has 0 radical (unpaired) electrons. The molecule has 1 aromatic carbocycles. The second-order valence-electron chi connectivity index (χ2n) is 3.08. The molecule has 0 saturated heterocycles. The molecule has 0 aliphatic heterocycles. The van der Waals surface area contributed by atoms with E-state index in [0.717, 1.165) is 12.1 Å². The Hall–Kier alpha value is -2.18. The van der Waals surface area contributed by atoms with Crippen LogP contribution in [0.25, 0.3) is 0 Å². The van der Waals surface area contributed by atoms with E-state index in [1.165, 1.54) is 31.5 Å². The number of ether oxygens (including phenoxy) is 2. The van der Waals surface area contributed by atoms with Gasteiger partial charge in [-0.25, -0.2) is 4.79 Å². The Labute approximate surface area is 101 Å². The summed E-state index contributed by atoms with van der Waals surface area (Å²) >= 11 is 0. The molecule has 0 amide bonds. The molecule has 1 rings (SSSR count). The summed E-state index contributed by atoms with van der Waals surface area (Å²) in [7, 11) is 1.21. The van der Waals surface area contributed by atoms with Crippen molar-refractivity contribution < 1.29 is 27.4 Å². The number of anilines is 1. The van der Waals surface area contributed by atoms with Gasteiger partial charge in [-0.05, 0) is 12.1 Å². The maximum absolute atomic E-state index is 12.0. The Morgan fingerprint density at radius 1 is 1.39 bits per heavy atom. The van der Waals surface area contributed by atoms with Gasteiger partial charge >= 0.3 is 12.3 Å². The summed E-state index contributed by atoms with van der Waals surface area (Å²) in [6.07, 6.45) is -2.39. The first-order chi connectivity index (χ1) is 8.40. The van der Waals surface area contributed by atoms with Gasteiger partial charge in [0.1, 0.15) is 5.75 Å². The van der Waals surface area contributed by atoms with Crippen LogP contribution in [-0.2, 0) is 9.53 Å². The van der Waals surface area contributed by atoms with Crippen LogP contribution < -0.4 is 10.1 Å². The topological polar surface area (TPSA) is 47.6 Å². The molecule has 0 saturated carbocycles. The first-order valence-electron chi connectivity index (χ1n) is 4.77. The molecule has 1 N–H and O–H groups in total. The van der Waals surface area contributed by atoms with E-state index in [9.17, 15) is 18.0 Å². The Bertz CT molecular complexity index is 443. The molecule has 0 aliphatic rings. The van der Waals surface area contributed by atoms with Crippen molar-refractivity contribution in [3.8, 4) is 5.75 Å². The van der Waals surface area contributed by atoms with Gasteiger partial charge in [-0.2, -0.15) is 0 Å². The molecule has 0 atom stereocenters. The molecule has 0 unspecified atom stereocenters. The molecular formula is C11H10F3NO3. The highest BCUT2D eigenvalue weighted by Crippen LogP contribution is 2.24. The summed E-state index contributed by atoms with van der Waals surface area (Å²) in [5, 5.41) is 2.61. The van der Waals surface area contributed by atoms with Gasteiger partial charge < -0.3 is 14.8 Å². The maximum Gasteiger partial charge on any atom is 0.573 e. The molecule has 1 aromatic rings. The zero-order chi connectivity index (χ0) is 13.6. The van der Waals surface area contributed by atoms with E-state index in [1.807, 2.05) is 0 Å². The van der Waals surface area contributed by atoms with Gasteiger partial charge in [-0.3, -0.25) is 0 Å². The highest BCUT2D eigenvalue weighted by atomic mass is 19.4. The number of hydrogen-bond acceptors (Lipinski definition) is 4. The summed E-state index contributed by atoms with van der Waals surface area (Å²) in [6, 6.07) is 5.22. The van der Waals surface area contributed by atoms with Crippen molar-refractivity contribution in [1.29, 1.82) is 0 Å². The van der Waals surface area contributed by atoms with Gasteiger partial charge in [-0.15, -0.1) is 13.2 Å². The van der Waals surface area contributed by atoms with Crippen LogP contribution in [0, 0.1) is 0 Å². The monoisotopic (exact) mass is 261 g/mol. The zero-order valence-electron chi connectivity index (χ0n) is 9.32. The number of benzene rings is 1. The van der Waals surface area contributed by atoms with Gasteiger partial charge in [0, 0.05) is 24.0 Å². The third kappa shape index (κ3) is 5.24. The predicted molar refractivity (Wildman–Crippen MR) is 57.9 cm³/mol. The fourth-order valence-electron chi connectivity index (χ4n) is 1.06. The highest BCUT2D eigenvalue weighted by Gasteiger charge is 2.31. The van der Waals surface area contributed by atoms with E-state index in [1.54, 1.807) is 0 Å². The summed E-state index contributed by atoms with van der Waals surface area (Å²) in [4.78, 5) is 10.7. The number of hydrogen-bond donors (Lipinski definition) is 1. The van der Waals surface area contributed by atoms with Crippen molar-refractivity contribution in [2.45, 2.75) is 6.36 Å². The van der Waals surface area contributed by atoms with E-state index in [-0.39, 0.29) is 5.75 Å². The number of nitrogens with one attached hydrogen (secondary N) is 1. The molecule has 0 fully saturated rings. The van der Waals surface area contributed by atoms with Gasteiger partial charge in [0.05, 0.1) is 7.11 Å². The second-order valence-corrected chi connectivity index (χ2v) is 3.08. The average molecular weight is 261 g/mol. The fraction of sp³-hybridized carbons (Fsp3) is 0.182. The number of rotatable bonds is 4. The van der Waals surface area contributed by atoms with Crippen molar-refractivity contribution in [1.82, 2.24) is 0 Å². The molecule has 0 aromatic heterocycles. The normalized spacial score (nSPS) is 11.3. The van der Waals surface area contributed by atoms with Crippen LogP contribution in [0.1, 0.15) is 0 Å². The molecule has 98 valence electrons. The van der Waals surface area contributed by atoms with Crippen molar-refractivity contribution in [2.75, 3.05) is 12.4 Å². The summed E-state index contributed by atoms with van der Waals surface area (Å²) in [5.74, 6) is -0.927. The lowest BCUT2D eigenvalue weighted by Gasteiger charge is -2.09. The lowest BCUT2D eigenvalue weighted by molar-refractivity contribution is -0.274. The number of esters is 1. The van der Waals surface area contributed by atoms with E-state index in [2.05, 4.69) is 14.8 Å². The molecule has 0 heterocycles. The van der Waals surface area contributed by atoms with Gasteiger partial charge in [0.15, 0.2) is 0 Å². The SMILES string of the molecule is COC(=O)/C=C/Nc1cccc(OC(F)(F)F)c1. The third-order valence-electron chi connectivity index (χ3n) is 1.74. The van der Waals surface area contributed by atoms with Gasteiger partial charge in [-0.1, -0.05) is 6.07 Å². The van der Waals surface area contributed by atoms with Crippen LogP contribution in [0.2, 0.25) is 0 Å². The number of halogens is 3. The van der Waals surface area contributed by atoms with E-state index in [4.69, 9.17) is 0 Å². The van der Waals surface area contributed by atoms with Gasteiger partial charge in [0.2, 0.25) is 0 Å². The summed E-state index contributed by atoms with van der Waals surface area (Å²) in [5.41, 5.74) is 0.344. The van der Waals surface area contributed by atoms with E-state index >= 15 is 0 Å². The Balaban J connectivity index is 2.65. The Kier molecular flexibility index (Phi) is 4.59. The first kappa shape index (κ1) is 13.9. The Morgan fingerprint density at radius 2 is 2.11 bits per heavy atom. The molecule has 4 nitrogen and oxygen atoms in total. The largest absolute Gasteiger partial charge is 0.573 e. The summed E-state index contributed by atoms with van der Waals surface area (Å²) < 4.78 is 44.0. The van der Waals surface area contributed by atoms with Crippen LogP contribution in [0.4, 0.5) is 18.9 Å². The molecule has 7 heteroatoms. The first-order valence-corrected chi connectivity index (χ1v) is 4.77. The average Bonchev–Trinajstić information content (AvgIpc) is 2.27. The van der Waals surface area contributed by atoms with Crippen LogP contribution in [0.15, 0.2) is 36.5 Å². The van der Waals surface area contributed by atoms with Crippen molar-refractivity contribution in [2.24, 2.45) is 0 Å². The minimum absolute atomic E-state index is 0.344. The minimum Gasteiger partial charge on any atom is -0.466 e. The Morgan fingerprint density at radius 3 is 2.72 bits per heavy atom. The second kappa shape index (κ2) is 5.95. The minimum atomic E-state index is -4.74. The summed E-state index contributed by atoms with van der Waals surface area (Å²) in [6.45, 7) is 0. The van der Waals surface area contributed by atoms with Crippen LogP contribution in [0.3, 0.4) is 0 Å². The third-order valence-corrected chi connectivity index (χ3v) is 1.74. The number of carbonyl (C=O) groups is 1. The molecular weight excluding hydrogens is 251 g/mol. The predicted octanol–water partition coefficient (Wildman–Crippen LogP) is 2.68. The highest BCUT2D eigenvalue weighted by molar-refractivity contribution is 5.82. The van der Waals surface area contributed by atoms with Crippen LogP contribution >= 0.6 is 0 Å². The smallest absolute Gasteiger partial charge is 0.466 e. The van der Waals surface area contributed by atoms with Gasteiger partial charge in [0.25, 0.3) is 0 Å². The lowest BCUT2D eigenvalue weighted by Crippen LogP contribution is -2.17. The van der Waals surface area contributed by atoms with Crippen LogP contribution in [0.5, 0.6) is 5.75 Å².